The van der Waals surface area contributed by atoms with Crippen LogP contribution in [0.3, 0.4) is 0 Å². The largest absolute Gasteiger partial charge is 0.497 e. The molecule has 0 atom stereocenters. The lowest BCUT2D eigenvalue weighted by Gasteiger charge is -2.06. The minimum Gasteiger partial charge on any atom is -0.497 e. The van der Waals surface area contributed by atoms with Crippen LogP contribution in [0.1, 0.15) is 0 Å². The number of amides is 2. The molecule has 3 rings (SSSR count). The molecule has 0 aliphatic rings. The summed E-state index contributed by atoms with van der Waals surface area (Å²) in [5, 5.41) is 5.60. The van der Waals surface area contributed by atoms with E-state index in [-0.39, 0.29) is 5.52 Å². The number of carbonyl (C=O) groups excluding carboxylic acids is 1. The zero-order valence-electron chi connectivity index (χ0n) is 11.6. The fourth-order valence-electron chi connectivity index (χ4n) is 1.90. The van der Waals surface area contributed by atoms with Crippen molar-refractivity contribution in [3.05, 3.63) is 48.3 Å². The maximum atomic E-state index is 13.6. The molecule has 0 saturated carbocycles. The summed E-state index contributed by atoms with van der Waals surface area (Å²) in [6, 6.07) is 11.2. The van der Waals surface area contributed by atoms with Crippen LogP contribution in [0.25, 0.3) is 10.2 Å². The van der Waals surface area contributed by atoms with Crippen molar-refractivity contribution in [3.63, 3.8) is 0 Å². The van der Waals surface area contributed by atoms with Crippen molar-refractivity contribution >= 4 is 38.4 Å². The first-order valence-electron chi connectivity index (χ1n) is 6.43. The number of carbonyl (C=O) groups is 1. The van der Waals surface area contributed by atoms with Crippen LogP contribution in [-0.4, -0.2) is 18.1 Å². The van der Waals surface area contributed by atoms with Crippen LogP contribution in [0.4, 0.5) is 20.0 Å². The summed E-state index contributed by atoms with van der Waals surface area (Å²) in [5.41, 5.74) is 0.873. The molecule has 3 aromatic rings. The van der Waals surface area contributed by atoms with Gasteiger partial charge in [-0.15, -0.1) is 0 Å². The van der Waals surface area contributed by atoms with E-state index in [1.54, 1.807) is 43.5 Å². The molecule has 2 amide bonds. The summed E-state index contributed by atoms with van der Waals surface area (Å²) in [4.78, 5) is 16.0. The fraction of sp³-hybridized carbons (Fsp3) is 0.0667. The second-order valence-corrected chi connectivity index (χ2v) is 5.44. The number of aromatic nitrogens is 1. The number of fused-ring (bicyclic) bond motifs is 1. The highest BCUT2D eigenvalue weighted by Crippen LogP contribution is 2.27. The third-order valence-electron chi connectivity index (χ3n) is 2.94. The first-order valence-corrected chi connectivity index (χ1v) is 7.24. The van der Waals surface area contributed by atoms with Crippen LogP contribution in [0.5, 0.6) is 5.75 Å². The van der Waals surface area contributed by atoms with Gasteiger partial charge in [0.05, 0.1) is 11.8 Å². The quantitative estimate of drug-likeness (QED) is 0.765. The number of nitrogens with one attached hydrogen (secondary N) is 2. The number of anilines is 2. The topological polar surface area (TPSA) is 63.2 Å². The van der Waals surface area contributed by atoms with Crippen molar-refractivity contribution in [2.75, 3.05) is 17.7 Å². The van der Waals surface area contributed by atoms with E-state index in [0.717, 1.165) is 0 Å². The molecule has 7 heteroatoms. The number of hydrogen-bond donors (Lipinski definition) is 2. The van der Waals surface area contributed by atoms with E-state index < -0.39 is 11.8 Å². The number of methoxy groups -OCH3 is 1. The number of halogens is 1. The predicted molar refractivity (Wildman–Crippen MR) is 85.2 cm³/mol. The van der Waals surface area contributed by atoms with E-state index in [4.69, 9.17) is 4.74 Å². The third kappa shape index (κ3) is 2.99. The van der Waals surface area contributed by atoms with Gasteiger partial charge in [0.15, 0.2) is 5.13 Å². The molecular formula is C15H12FN3O2S. The van der Waals surface area contributed by atoms with Gasteiger partial charge in [-0.25, -0.2) is 14.2 Å². The molecule has 0 aliphatic carbocycles. The molecule has 2 aromatic carbocycles. The first kappa shape index (κ1) is 14.3. The SMILES string of the molecule is COc1ccc(NC(=O)Nc2nc3c(F)cccc3s2)cc1. The molecule has 0 spiro atoms. The van der Waals surface area contributed by atoms with Crippen LogP contribution in [0.15, 0.2) is 42.5 Å². The van der Waals surface area contributed by atoms with Crippen LogP contribution < -0.4 is 15.4 Å². The number of nitrogens with zero attached hydrogens (tertiary/aromatic N) is 1. The van der Waals surface area contributed by atoms with E-state index >= 15 is 0 Å². The molecule has 0 unspecified atom stereocenters. The Morgan fingerprint density at radius 3 is 2.64 bits per heavy atom. The Kier molecular flexibility index (Phi) is 3.88. The molecular weight excluding hydrogens is 305 g/mol. The molecule has 5 nitrogen and oxygen atoms in total. The van der Waals surface area contributed by atoms with Gasteiger partial charge in [-0.05, 0) is 36.4 Å². The van der Waals surface area contributed by atoms with Gasteiger partial charge >= 0.3 is 6.03 Å². The lowest BCUT2D eigenvalue weighted by molar-refractivity contribution is 0.262. The van der Waals surface area contributed by atoms with Crippen molar-refractivity contribution in [3.8, 4) is 5.75 Å². The minimum atomic E-state index is -0.440. The monoisotopic (exact) mass is 317 g/mol. The molecule has 112 valence electrons. The lowest BCUT2D eigenvalue weighted by atomic mass is 10.3. The van der Waals surface area contributed by atoms with E-state index in [2.05, 4.69) is 15.6 Å². The molecule has 22 heavy (non-hydrogen) atoms. The van der Waals surface area contributed by atoms with E-state index in [1.165, 1.54) is 17.4 Å². The highest BCUT2D eigenvalue weighted by Gasteiger charge is 2.10. The van der Waals surface area contributed by atoms with Crippen LogP contribution in [0, 0.1) is 5.82 Å². The summed E-state index contributed by atoms with van der Waals surface area (Å²) >= 11 is 1.21. The number of rotatable bonds is 3. The number of urea groups is 1. The molecule has 0 fully saturated rings. The Bertz CT molecular complexity index is 817. The number of para-hydroxylation sites is 1. The lowest BCUT2D eigenvalue weighted by Crippen LogP contribution is -2.19. The maximum Gasteiger partial charge on any atom is 0.325 e. The first-order chi connectivity index (χ1) is 10.7. The normalized spacial score (nSPS) is 10.5. The van der Waals surface area contributed by atoms with Crippen molar-refractivity contribution in [1.29, 1.82) is 0 Å². The highest BCUT2D eigenvalue weighted by molar-refractivity contribution is 7.22. The van der Waals surface area contributed by atoms with E-state index in [1.807, 2.05) is 0 Å². The second-order valence-electron chi connectivity index (χ2n) is 4.41. The Labute approximate surface area is 129 Å². The average molecular weight is 317 g/mol. The van der Waals surface area contributed by atoms with E-state index in [0.29, 0.717) is 21.3 Å². The molecule has 1 heterocycles. The number of hydrogen-bond acceptors (Lipinski definition) is 4. The van der Waals surface area contributed by atoms with Crippen LogP contribution in [0.2, 0.25) is 0 Å². The summed E-state index contributed by atoms with van der Waals surface area (Å²) in [5.74, 6) is 0.296. The van der Waals surface area contributed by atoms with Gasteiger partial charge in [0.2, 0.25) is 0 Å². The zero-order valence-corrected chi connectivity index (χ0v) is 12.4. The molecule has 0 saturated heterocycles. The standard InChI is InChI=1S/C15H12FN3O2S/c1-21-10-7-5-9(6-8-10)17-14(20)19-15-18-13-11(16)3-2-4-12(13)22-15/h2-8H,1H3,(H2,17,18,19,20). The van der Waals surface area contributed by atoms with Crippen molar-refractivity contribution in [2.24, 2.45) is 0 Å². The Morgan fingerprint density at radius 1 is 1.18 bits per heavy atom. The molecule has 0 bridgehead atoms. The summed E-state index contributed by atoms with van der Waals surface area (Å²) in [6.45, 7) is 0. The molecule has 2 N–H and O–H groups in total. The third-order valence-corrected chi connectivity index (χ3v) is 3.87. The fourth-order valence-corrected chi connectivity index (χ4v) is 2.78. The number of thiazole rings is 1. The minimum absolute atomic E-state index is 0.257. The smallest absolute Gasteiger partial charge is 0.325 e. The number of benzene rings is 2. The number of ether oxygens (including phenoxy) is 1. The summed E-state index contributed by atoms with van der Waals surface area (Å²) in [6.07, 6.45) is 0. The van der Waals surface area contributed by atoms with E-state index in [9.17, 15) is 9.18 Å². The predicted octanol–water partition coefficient (Wildman–Crippen LogP) is 4.09. The van der Waals surface area contributed by atoms with Crippen molar-refractivity contribution < 1.29 is 13.9 Å². The van der Waals surface area contributed by atoms with Crippen molar-refractivity contribution in [1.82, 2.24) is 4.98 Å². The van der Waals surface area contributed by atoms with Gasteiger partial charge in [-0.3, -0.25) is 5.32 Å². The van der Waals surface area contributed by atoms with Gasteiger partial charge in [-0.1, -0.05) is 17.4 Å². The summed E-state index contributed by atoms with van der Waals surface area (Å²) < 4.78 is 19.3. The zero-order chi connectivity index (χ0) is 15.5. The Morgan fingerprint density at radius 2 is 1.95 bits per heavy atom. The van der Waals surface area contributed by atoms with Gasteiger partial charge < -0.3 is 10.1 Å². The molecule has 0 aliphatic heterocycles. The maximum absolute atomic E-state index is 13.6. The molecule has 1 aromatic heterocycles. The summed E-state index contributed by atoms with van der Waals surface area (Å²) in [7, 11) is 1.57. The molecule has 0 radical (unpaired) electrons. The Hall–Kier alpha value is -2.67. The Balaban J connectivity index is 1.71. The van der Waals surface area contributed by atoms with Gasteiger partial charge in [0.1, 0.15) is 17.1 Å². The van der Waals surface area contributed by atoms with Gasteiger partial charge in [-0.2, -0.15) is 0 Å². The van der Waals surface area contributed by atoms with Crippen molar-refractivity contribution in [2.45, 2.75) is 0 Å². The van der Waals surface area contributed by atoms with Crippen LogP contribution >= 0.6 is 11.3 Å². The second kappa shape index (κ2) is 5.98. The average Bonchev–Trinajstić information content (AvgIpc) is 2.92. The highest BCUT2D eigenvalue weighted by atomic mass is 32.1. The van der Waals surface area contributed by atoms with Crippen LogP contribution in [-0.2, 0) is 0 Å². The van der Waals surface area contributed by atoms with Gasteiger partial charge in [0, 0.05) is 5.69 Å². The van der Waals surface area contributed by atoms with Gasteiger partial charge in [0.25, 0.3) is 0 Å².